The number of rotatable bonds is 3. The van der Waals surface area contributed by atoms with Crippen molar-refractivity contribution >= 4 is 17.1 Å². The summed E-state index contributed by atoms with van der Waals surface area (Å²) in [6.07, 6.45) is 0.972. The number of fused-ring (bicyclic) bond motifs is 1. The van der Waals surface area contributed by atoms with Crippen LogP contribution in [0, 0.1) is 0 Å². The lowest BCUT2D eigenvalue weighted by molar-refractivity contribution is 0.112. The molecule has 0 aliphatic carbocycles. The second-order valence-electron chi connectivity index (χ2n) is 5.78. The molecule has 4 aromatic carbocycles. The van der Waals surface area contributed by atoms with Gasteiger partial charge in [-0.15, -0.1) is 0 Å². The van der Waals surface area contributed by atoms with Gasteiger partial charge < -0.3 is 0 Å². The van der Waals surface area contributed by atoms with Crippen LogP contribution in [0.4, 0.5) is 0 Å². The van der Waals surface area contributed by atoms with E-state index in [1.54, 1.807) is 0 Å². The molecular weight excluding hydrogens is 292 g/mol. The van der Waals surface area contributed by atoms with Crippen molar-refractivity contribution < 1.29 is 4.79 Å². The molecule has 0 aliphatic rings. The predicted octanol–water partition coefficient (Wildman–Crippen LogP) is 5.99. The maximum atomic E-state index is 11.9. The third kappa shape index (κ3) is 2.40. The lowest BCUT2D eigenvalue weighted by Crippen LogP contribution is -1.93. The van der Waals surface area contributed by atoms with Crippen LogP contribution in [0.15, 0.2) is 91.0 Å². The number of carbonyl (C=O) groups is 1. The van der Waals surface area contributed by atoms with Gasteiger partial charge in [0.2, 0.25) is 0 Å². The van der Waals surface area contributed by atoms with Crippen LogP contribution in [-0.2, 0) is 0 Å². The molecule has 1 heteroatoms. The van der Waals surface area contributed by atoms with Gasteiger partial charge in [-0.2, -0.15) is 0 Å². The minimum absolute atomic E-state index is 0.736. The number of benzene rings is 4. The largest absolute Gasteiger partial charge is 0.298 e. The molecular formula is C23H16O. The molecule has 0 amide bonds. The fourth-order valence-corrected chi connectivity index (χ4v) is 3.26. The summed E-state index contributed by atoms with van der Waals surface area (Å²) in [7, 11) is 0. The topological polar surface area (TPSA) is 17.1 Å². The van der Waals surface area contributed by atoms with Crippen LogP contribution in [0.25, 0.3) is 33.0 Å². The van der Waals surface area contributed by atoms with Crippen LogP contribution in [0.5, 0.6) is 0 Å². The predicted molar refractivity (Wildman–Crippen MR) is 100 cm³/mol. The van der Waals surface area contributed by atoms with E-state index in [0.717, 1.165) is 39.5 Å². The van der Waals surface area contributed by atoms with Gasteiger partial charge >= 0.3 is 0 Å². The van der Waals surface area contributed by atoms with Gasteiger partial charge in [-0.1, -0.05) is 91.0 Å². The summed E-state index contributed by atoms with van der Waals surface area (Å²) < 4.78 is 0. The van der Waals surface area contributed by atoms with E-state index in [4.69, 9.17) is 0 Å². The Morgan fingerprint density at radius 1 is 0.542 bits per heavy atom. The van der Waals surface area contributed by atoms with E-state index in [0.29, 0.717) is 0 Å². The van der Waals surface area contributed by atoms with E-state index in [9.17, 15) is 4.79 Å². The Kier molecular flexibility index (Phi) is 3.68. The van der Waals surface area contributed by atoms with Crippen molar-refractivity contribution in [2.45, 2.75) is 0 Å². The highest BCUT2D eigenvalue weighted by Gasteiger charge is 2.12. The Balaban J connectivity index is 2.01. The van der Waals surface area contributed by atoms with Crippen LogP contribution < -0.4 is 0 Å². The molecule has 0 saturated carbocycles. The average molecular weight is 308 g/mol. The highest BCUT2D eigenvalue weighted by molar-refractivity contribution is 6.03. The second kappa shape index (κ2) is 6.13. The molecule has 114 valence electrons. The van der Waals surface area contributed by atoms with Gasteiger partial charge in [0.1, 0.15) is 0 Å². The average Bonchev–Trinajstić information content (AvgIpc) is 2.67. The molecule has 0 fully saturated rings. The zero-order chi connectivity index (χ0) is 16.4. The summed E-state index contributed by atoms with van der Waals surface area (Å²) in [5.74, 6) is 0. The van der Waals surface area contributed by atoms with Crippen molar-refractivity contribution in [3.05, 3.63) is 96.6 Å². The van der Waals surface area contributed by atoms with Gasteiger partial charge in [0, 0.05) is 5.56 Å². The van der Waals surface area contributed by atoms with Crippen LogP contribution in [0.1, 0.15) is 10.4 Å². The number of hydrogen-bond donors (Lipinski definition) is 0. The Morgan fingerprint density at radius 2 is 1.17 bits per heavy atom. The third-order valence-corrected chi connectivity index (χ3v) is 4.39. The fourth-order valence-electron chi connectivity index (χ4n) is 3.26. The van der Waals surface area contributed by atoms with Gasteiger partial charge in [-0.05, 0) is 33.0 Å². The summed E-state index contributed by atoms with van der Waals surface area (Å²) in [5, 5.41) is 2.34. The van der Waals surface area contributed by atoms with Crippen molar-refractivity contribution in [3.63, 3.8) is 0 Å². The zero-order valence-electron chi connectivity index (χ0n) is 13.1. The molecule has 4 rings (SSSR count). The molecule has 0 N–H and O–H groups in total. The molecule has 4 aromatic rings. The Hall–Kier alpha value is -3.19. The van der Waals surface area contributed by atoms with Crippen molar-refractivity contribution in [2.75, 3.05) is 0 Å². The zero-order valence-corrected chi connectivity index (χ0v) is 13.1. The van der Waals surface area contributed by atoms with E-state index >= 15 is 0 Å². The highest BCUT2D eigenvalue weighted by atomic mass is 16.1. The number of aldehydes is 1. The highest BCUT2D eigenvalue weighted by Crippen LogP contribution is 2.34. The molecule has 0 saturated heterocycles. The van der Waals surface area contributed by atoms with Gasteiger partial charge in [0.25, 0.3) is 0 Å². The van der Waals surface area contributed by atoms with E-state index in [1.807, 2.05) is 66.7 Å². The molecule has 0 bridgehead atoms. The summed E-state index contributed by atoms with van der Waals surface area (Å²) in [4.78, 5) is 11.9. The fraction of sp³-hybridized carbons (Fsp3) is 0. The van der Waals surface area contributed by atoms with Gasteiger partial charge in [-0.25, -0.2) is 0 Å². The third-order valence-electron chi connectivity index (χ3n) is 4.39. The van der Waals surface area contributed by atoms with E-state index in [1.165, 1.54) is 5.39 Å². The molecule has 0 unspecified atom stereocenters. The summed E-state index contributed by atoms with van der Waals surface area (Å²) in [6.45, 7) is 0. The molecule has 0 atom stereocenters. The van der Waals surface area contributed by atoms with Crippen molar-refractivity contribution in [3.8, 4) is 22.3 Å². The van der Waals surface area contributed by atoms with Crippen LogP contribution >= 0.6 is 0 Å². The maximum Gasteiger partial charge on any atom is 0.151 e. The quantitative estimate of drug-likeness (QED) is 0.425. The lowest BCUT2D eigenvalue weighted by atomic mass is 9.90. The normalized spacial score (nSPS) is 10.7. The van der Waals surface area contributed by atoms with E-state index in [2.05, 4.69) is 24.3 Å². The Bertz CT molecular complexity index is 1010. The minimum Gasteiger partial charge on any atom is -0.298 e. The van der Waals surface area contributed by atoms with Crippen molar-refractivity contribution in [1.82, 2.24) is 0 Å². The number of carbonyl (C=O) groups excluding carboxylic acids is 1. The standard InChI is InChI=1S/C23H16O/c24-16-23-20(17-8-2-1-3-9-17)13-7-15-22(23)21-14-6-11-18-10-4-5-12-19(18)21/h1-16H. The lowest BCUT2D eigenvalue weighted by Gasteiger charge is -2.13. The molecule has 0 aromatic heterocycles. The van der Waals surface area contributed by atoms with Crippen LogP contribution in [-0.4, -0.2) is 6.29 Å². The summed E-state index contributed by atoms with van der Waals surface area (Å²) in [6, 6.07) is 30.6. The molecule has 0 aliphatic heterocycles. The first-order chi connectivity index (χ1) is 11.9. The summed E-state index contributed by atoms with van der Waals surface area (Å²) >= 11 is 0. The molecule has 0 radical (unpaired) electrons. The molecule has 0 heterocycles. The van der Waals surface area contributed by atoms with Crippen molar-refractivity contribution in [2.24, 2.45) is 0 Å². The molecule has 24 heavy (non-hydrogen) atoms. The van der Waals surface area contributed by atoms with Crippen molar-refractivity contribution in [1.29, 1.82) is 0 Å². The minimum atomic E-state index is 0.736. The Morgan fingerprint density at radius 3 is 2.00 bits per heavy atom. The van der Waals surface area contributed by atoms with Gasteiger partial charge in [-0.3, -0.25) is 4.79 Å². The summed E-state index contributed by atoms with van der Waals surface area (Å²) in [5.41, 5.74) is 4.83. The monoisotopic (exact) mass is 308 g/mol. The second-order valence-corrected chi connectivity index (χ2v) is 5.78. The maximum absolute atomic E-state index is 11.9. The van der Waals surface area contributed by atoms with Gasteiger partial charge in [0.15, 0.2) is 6.29 Å². The first-order valence-electron chi connectivity index (χ1n) is 8.00. The number of hydrogen-bond acceptors (Lipinski definition) is 1. The molecule has 0 spiro atoms. The first-order valence-corrected chi connectivity index (χ1v) is 8.00. The molecule has 1 nitrogen and oxygen atoms in total. The van der Waals surface area contributed by atoms with Gasteiger partial charge in [0.05, 0.1) is 0 Å². The van der Waals surface area contributed by atoms with Crippen LogP contribution in [0.3, 0.4) is 0 Å². The van der Waals surface area contributed by atoms with E-state index < -0.39 is 0 Å². The first kappa shape index (κ1) is 14.4. The van der Waals surface area contributed by atoms with E-state index in [-0.39, 0.29) is 0 Å². The smallest absolute Gasteiger partial charge is 0.151 e. The Labute approximate surface area is 141 Å². The SMILES string of the molecule is O=Cc1c(-c2ccccc2)cccc1-c1cccc2ccccc12. The van der Waals surface area contributed by atoms with Crippen LogP contribution in [0.2, 0.25) is 0 Å².